The molecule has 0 atom stereocenters. The van der Waals surface area contributed by atoms with Gasteiger partial charge in [-0.3, -0.25) is 0 Å². The summed E-state index contributed by atoms with van der Waals surface area (Å²) in [6, 6.07) is 0. The van der Waals surface area contributed by atoms with Crippen LogP contribution in [0.4, 0.5) is 0 Å². The Hall–Kier alpha value is -0.890. The Morgan fingerprint density at radius 3 is 2.50 bits per heavy atom. The molecule has 2 N–H and O–H groups in total. The highest BCUT2D eigenvalue weighted by Gasteiger charge is 2.26. The molecule has 7 heteroatoms. The van der Waals surface area contributed by atoms with Crippen LogP contribution in [0.5, 0.6) is 0 Å². The Bertz CT molecular complexity index is 523. The summed E-state index contributed by atoms with van der Waals surface area (Å²) in [7, 11) is -2.04. The summed E-state index contributed by atoms with van der Waals surface area (Å²) in [5, 5.41) is 3.21. The Morgan fingerprint density at radius 2 is 1.90 bits per heavy atom. The quantitative estimate of drug-likeness (QED) is 0.673. The lowest BCUT2D eigenvalue weighted by molar-refractivity contribution is 0.204. The molecule has 0 amide bonds. The van der Waals surface area contributed by atoms with Crippen LogP contribution in [0.2, 0.25) is 0 Å². The van der Waals surface area contributed by atoms with Crippen LogP contribution >= 0.6 is 0 Å². The number of methoxy groups -OCH3 is 1. The number of furan rings is 1. The molecule has 20 heavy (non-hydrogen) atoms. The molecule has 0 aliphatic heterocycles. The van der Waals surface area contributed by atoms with Gasteiger partial charge in [-0.2, -0.15) is 0 Å². The zero-order chi connectivity index (χ0) is 15.2. The lowest BCUT2D eigenvalue weighted by Gasteiger charge is -2.09. The van der Waals surface area contributed by atoms with Crippen LogP contribution in [-0.2, 0) is 21.3 Å². The van der Waals surface area contributed by atoms with E-state index in [0.717, 1.165) is 13.0 Å². The first-order valence-corrected chi connectivity index (χ1v) is 8.20. The summed E-state index contributed by atoms with van der Waals surface area (Å²) >= 11 is 0. The second-order valence-corrected chi connectivity index (χ2v) is 6.29. The Morgan fingerprint density at radius 1 is 1.20 bits per heavy atom. The highest BCUT2D eigenvalue weighted by atomic mass is 32.2. The Kier molecular flexibility index (Phi) is 6.67. The van der Waals surface area contributed by atoms with E-state index in [4.69, 9.17) is 9.15 Å². The molecule has 0 aliphatic carbocycles. The van der Waals surface area contributed by atoms with Crippen molar-refractivity contribution in [3.05, 3.63) is 17.1 Å². The van der Waals surface area contributed by atoms with Crippen molar-refractivity contribution in [2.45, 2.75) is 38.6 Å². The molecule has 1 rings (SSSR count). The lowest BCUT2D eigenvalue weighted by Crippen LogP contribution is -2.29. The maximum absolute atomic E-state index is 12.3. The number of hydrogen-bond acceptors (Lipinski definition) is 5. The van der Waals surface area contributed by atoms with Gasteiger partial charge in [0.1, 0.15) is 16.4 Å². The standard InChI is InChI=1S/C13H24N2O4S/c1-5-6-14-9-12-10(2)19-11(3)13(12)20(16,17)15-7-8-18-4/h14-15H,5-9H2,1-4H3. The zero-order valence-corrected chi connectivity index (χ0v) is 13.4. The summed E-state index contributed by atoms with van der Waals surface area (Å²) in [6.45, 7) is 7.40. The van der Waals surface area contributed by atoms with Crippen LogP contribution in [0.25, 0.3) is 0 Å². The van der Waals surface area contributed by atoms with E-state index in [1.54, 1.807) is 13.8 Å². The van der Waals surface area contributed by atoms with Crippen molar-refractivity contribution in [2.24, 2.45) is 0 Å². The van der Waals surface area contributed by atoms with Crippen LogP contribution < -0.4 is 10.0 Å². The third kappa shape index (κ3) is 4.31. The Labute approximate surface area is 120 Å². The van der Waals surface area contributed by atoms with Crippen molar-refractivity contribution < 1.29 is 17.6 Å². The van der Waals surface area contributed by atoms with Gasteiger partial charge in [-0.05, 0) is 26.8 Å². The fraction of sp³-hybridized carbons (Fsp3) is 0.692. The van der Waals surface area contributed by atoms with Crippen LogP contribution in [0, 0.1) is 13.8 Å². The summed E-state index contributed by atoms with van der Waals surface area (Å²) in [5.41, 5.74) is 0.695. The van der Waals surface area contributed by atoms with E-state index in [-0.39, 0.29) is 11.4 Å². The van der Waals surface area contributed by atoms with E-state index in [9.17, 15) is 8.42 Å². The summed E-state index contributed by atoms with van der Waals surface area (Å²) in [5.74, 6) is 1.05. The van der Waals surface area contributed by atoms with Gasteiger partial charge in [-0.15, -0.1) is 0 Å². The average Bonchev–Trinajstić information content (AvgIpc) is 2.65. The molecule has 0 aromatic carbocycles. The minimum atomic E-state index is -3.57. The fourth-order valence-electron chi connectivity index (χ4n) is 2.01. The summed E-state index contributed by atoms with van der Waals surface area (Å²) < 4.78 is 37.5. The molecule has 1 aromatic rings. The first-order valence-electron chi connectivity index (χ1n) is 6.72. The molecule has 116 valence electrons. The molecule has 0 bridgehead atoms. The summed E-state index contributed by atoms with van der Waals surface area (Å²) in [6.07, 6.45) is 0.990. The smallest absolute Gasteiger partial charge is 0.244 e. The van der Waals surface area contributed by atoms with Crippen molar-refractivity contribution in [3.8, 4) is 0 Å². The highest BCUT2D eigenvalue weighted by molar-refractivity contribution is 7.89. The zero-order valence-electron chi connectivity index (χ0n) is 12.6. The summed E-state index contributed by atoms with van der Waals surface area (Å²) in [4.78, 5) is 0.245. The monoisotopic (exact) mass is 304 g/mol. The topological polar surface area (TPSA) is 80.6 Å². The number of ether oxygens (including phenoxy) is 1. The molecule has 6 nitrogen and oxygen atoms in total. The minimum absolute atomic E-state index is 0.240. The molecular formula is C13H24N2O4S. The fourth-order valence-corrected chi connectivity index (χ4v) is 3.46. The van der Waals surface area contributed by atoms with Crippen molar-refractivity contribution in [1.82, 2.24) is 10.0 Å². The molecule has 1 aromatic heterocycles. The van der Waals surface area contributed by atoms with Crippen molar-refractivity contribution in [2.75, 3.05) is 26.8 Å². The molecule has 0 unspecified atom stereocenters. The van der Waals surface area contributed by atoms with Gasteiger partial charge >= 0.3 is 0 Å². The number of aryl methyl sites for hydroxylation is 2. The molecule has 0 saturated heterocycles. The highest BCUT2D eigenvalue weighted by Crippen LogP contribution is 2.26. The van der Waals surface area contributed by atoms with E-state index in [1.165, 1.54) is 7.11 Å². The molecule has 0 spiro atoms. The van der Waals surface area contributed by atoms with Crippen LogP contribution in [0.15, 0.2) is 9.31 Å². The van der Waals surface area contributed by atoms with E-state index in [2.05, 4.69) is 17.0 Å². The van der Waals surface area contributed by atoms with Crippen molar-refractivity contribution in [1.29, 1.82) is 0 Å². The third-order valence-electron chi connectivity index (χ3n) is 2.92. The van der Waals surface area contributed by atoms with Gasteiger partial charge in [0.2, 0.25) is 10.0 Å². The number of rotatable bonds is 9. The first kappa shape index (κ1) is 17.2. The predicted octanol–water partition coefficient (Wildman–Crippen LogP) is 1.32. The lowest BCUT2D eigenvalue weighted by atomic mass is 10.2. The van der Waals surface area contributed by atoms with Crippen LogP contribution in [0.3, 0.4) is 0 Å². The molecule has 0 fully saturated rings. The van der Waals surface area contributed by atoms with E-state index >= 15 is 0 Å². The first-order chi connectivity index (χ1) is 9.44. The van der Waals surface area contributed by atoms with Crippen LogP contribution in [-0.4, -0.2) is 35.2 Å². The van der Waals surface area contributed by atoms with Gasteiger partial charge in [0.05, 0.1) is 6.61 Å². The minimum Gasteiger partial charge on any atom is -0.465 e. The normalized spacial score (nSPS) is 12.0. The van der Waals surface area contributed by atoms with Crippen molar-refractivity contribution >= 4 is 10.0 Å². The average molecular weight is 304 g/mol. The molecule has 1 heterocycles. The Balaban J connectivity index is 2.97. The molecule has 0 radical (unpaired) electrons. The molecular weight excluding hydrogens is 280 g/mol. The van der Waals surface area contributed by atoms with Gasteiger partial charge < -0.3 is 14.5 Å². The maximum atomic E-state index is 12.3. The molecule has 0 aliphatic rings. The second-order valence-electron chi connectivity index (χ2n) is 4.59. The van der Waals surface area contributed by atoms with Gasteiger partial charge in [0.15, 0.2) is 0 Å². The van der Waals surface area contributed by atoms with Gasteiger partial charge in [-0.1, -0.05) is 6.92 Å². The maximum Gasteiger partial charge on any atom is 0.244 e. The van der Waals surface area contributed by atoms with Gasteiger partial charge in [0, 0.05) is 25.8 Å². The largest absolute Gasteiger partial charge is 0.465 e. The van der Waals surface area contributed by atoms with Gasteiger partial charge in [-0.25, -0.2) is 13.1 Å². The molecule has 0 saturated carbocycles. The van der Waals surface area contributed by atoms with E-state index < -0.39 is 10.0 Å². The van der Waals surface area contributed by atoms with E-state index in [1.807, 2.05) is 0 Å². The van der Waals surface area contributed by atoms with E-state index in [0.29, 0.717) is 30.2 Å². The van der Waals surface area contributed by atoms with Gasteiger partial charge in [0.25, 0.3) is 0 Å². The second kappa shape index (κ2) is 7.78. The number of nitrogens with one attached hydrogen (secondary N) is 2. The predicted molar refractivity (Wildman–Crippen MR) is 77.2 cm³/mol. The SMILES string of the molecule is CCCNCc1c(C)oc(C)c1S(=O)(=O)NCCOC. The number of sulfonamides is 1. The van der Waals surface area contributed by atoms with Crippen molar-refractivity contribution in [3.63, 3.8) is 0 Å². The van der Waals surface area contributed by atoms with Crippen LogP contribution in [0.1, 0.15) is 30.4 Å². The number of hydrogen-bond donors (Lipinski definition) is 2. The third-order valence-corrected chi connectivity index (χ3v) is 4.58.